The summed E-state index contributed by atoms with van der Waals surface area (Å²) >= 11 is 0. The number of rotatable bonds is 7. The fraction of sp³-hybridized carbons (Fsp3) is 0.318. The molecule has 9 heteroatoms. The van der Waals surface area contributed by atoms with E-state index in [9.17, 15) is 14.4 Å². The maximum Gasteiger partial charge on any atom is 0.344 e. The van der Waals surface area contributed by atoms with Crippen LogP contribution in [0.3, 0.4) is 0 Å². The number of hydrogen-bond acceptors (Lipinski definition) is 6. The molecule has 1 aliphatic rings. The normalized spacial score (nSPS) is 13.3. The van der Waals surface area contributed by atoms with Crippen molar-refractivity contribution in [2.24, 2.45) is 0 Å². The number of anilines is 1. The lowest BCUT2D eigenvalue weighted by molar-refractivity contribution is -0.154. The highest BCUT2D eigenvalue weighted by Crippen LogP contribution is 2.25. The number of ether oxygens (including phenoxy) is 3. The van der Waals surface area contributed by atoms with Gasteiger partial charge < -0.3 is 29.3 Å². The van der Waals surface area contributed by atoms with Crippen molar-refractivity contribution >= 4 is 23.6 Å². The standard InChI is InChI=1S/C22H25N3O6/c1-29-18-9-5-6-10-19(18)30-16-21(27)31-15-20(26)24-11-13-25(14-12-24)22(28)23-17-7-3-2-4-8-17/h2-10H,11-16H2,1H3,(H,23,28). The number of amides is 3. The first kappa shape index (κ1) is 21.9. The maximum absolute atomic E-state index is 12.3. The van der Waals surface area contributed by atoms with Gasteiger partial charge in [0, 0.05) is 31.9 Å². The molecule has 0 unspecified atom stereocenters. The van der Waals surface area contributed by atoms with Crippen LogP contribution in [0.25, 0.3) is 0 Å². The summed E-state index contributed by atoms with van der Waals surface area (Å²) in [4.78, 5) is 39.7. The van der Waals surface area contributed by atoms with Crippen LogP contribution in [-0.4, -0.2) is 74.2 Å². The SMILES string of the molecule is COc1ccccc1OCC(=O)OCC(=O)N1CCN(C(=O)Nc2ccccc2)CC1. The van der Waals surface area contributed by atoms with Crippen molar-refractivity contribution in [2.45, 2.75) is 0 Å². The molecule has 164 valence electrons. The molecule has 0 saturated carbocycles. The molecule has 3 rings (SSSR count). The topological polar surface area (TPSA) is 97.4 Å². The Balaban J connectivity index is 1.37. The van der Waals surface area contributed by atoms with E-state index in [0.29, 0.717) is 43.4 Å². The minimum absolute atomic E-state index is 0.210. The van der Waals surface area contributed by atoms with Gasteiger partial charge in [-0.25, -0.2) is 9.59 Å². The van der Waals surface area contributed by atoms with Gasteiger partial charge in [-0.2, -0.15) is 0 Å². The van der Waals surface area contributed by atoms with Crippen LogP contribution in [0.2, 0.25) is 0 Å². The zero-order valence-electron chi connectivity index (χ0n) is 17.3. The van der Waals surface area contributed by atoms with Gasteiger partial charge in [-0.1, -0.05) is 30.3 Å². The first-order chi connectivity index (χ1) is 15.1. The molecule has 0 aromatic heterocycles. The van der Waals surface area contributed by atoms with Gasteiger partial charge >= 0.3 is 12.0 Å². The Kier molecular flexibility index (Phi) is 7.69. The smallest absolute Gasteiger partial charge is 0.344 e. The summed E-state index contributed by atoms with van der Waals surface area (Å²) in [6.07, 6.45) is 0. The van der Waals surface area contributed by atoms with E-state index in [0.717, 1.165) is 0 Å². The number of urea groups is 1. The molecule has 0 spiro atoms. The molecule has 0 aliphatic carbocycles. The van der Waals surface area contributed by atoms with Crippen LogP contribution in [-0.2, 0) is 14.3 Å². The number of esters is 1. The Morgan fingerprint density at radius 3 is 2.13 bits per heavy atom. The highest BCUT2D eigenvalue weighted by Gasteiger charge is 2.25. The summed E-state index contributed by atoms with van der Waals surface area (Å²) in [6.45, 7) is 0.836. The molecule has 1 heterocycles. The summed E-state index contributed by atoms with van der Waals surface area (Å²) < 4.78 is 15.5. The summed E-state index contributed by atoms with van der Waals surface area (Å²) in [5.41, 5.74) is 0.716. The Morgan fingerprint density at radius 1 is 0.839 bits per heavy atom. The van der Waals surface area contributed by atoms with Crippen molar-refractivity contribution in [3.8, 4) is 11.5 Å². The van der Waals surface area contributed by atoms with Gasteiger partial charge in [-0.15, -0.1) is 0 Å². The van der Waals surface area contributed by atoms with E-state index in [-0.39, 0.29) is 25.2 Å². The van der Waals surface area contributed by atoms with E-state index in [2.05, 4.69) is 5.32 Å². The monoisotopic (exact) mass is 427 g/mol. The molecule has 1 saturated heterocycles. The van der Waals surface area contributed by atoms with Crippen LogP contribution in [0.1, 0.15) is 0 Å². The average molecular weight is 427 g/mol. The zero-order valence-corrected chi connectivity index (χ0v) is 17.3. The molecule has 0 radical (unpaired) electrons. The molecule has 9 nitrogen and oxygen atoms in total. The predicted molar refractivity (Wildman–Crippen MR) is 113 cm³/mol. The third-order valence-electron chi connectivity index (χ3n) is 4.72. The Morgan fingerprint density at radius 2 is 1.45 bits per heavy atom. The molecule has 2 aromatic rings. The maximum atomic E-state index is 12.3. The molecule has 1 aliphatic heterocycles. The minimum Gasteiger partial charge on any atom is -0.493 e. The number of methoxy groups -OCH3 is 1. The second-order valence-corrected chi connectivity index (χ2v) is 6.76. The summed E-state index contributed by atoms with van der Waals surface area (Å²) in [6, 6.07) is 15.9. The van der Waals surface area contributed by atoms with Gasteiger partial charge in [0.25, 0.3) is 5.91 Å². The van der Waals surface area contributed by atoms with Crippen molar-refractivity contribution in [1.82, 2.24) is 9.80 Å². The molecule has 2 aromatic carbocycles. The molecular weight excluding hydrogens is 402 g/mol. The van der Waals surface area contributed by atoms with E-state index in [1.54, 1.807) is 34.1 Å². The largest absolute Gasteiger partial charge is 0.493 e. The van der Waals surface area contributed by atoms with Crippen LogP contribution >= 0.6 is 0 Å². The van der Waals surface area contributed by atoms with Crippen LogP contribution < -0.4 is 14.8 Å². The summed E-state index contributed by atoms with van der Waals surface area (Å²) in [5, 5.41) is 2.82. The van der Waals surface area contributed by atoms with E-state index in [1.807, 2.05) is 30.3 Å². The Labute approximate surface area is 180 Å². The number of piperazine rings is 1. The second-order valence-electron chi connectivity index (χ2n) is 6.76. The van der Waals surface area contributed by atoms with E-state index in [1.165, 1.54) is 7.11 Å². The minimum atomic E-state index is -0.653. The molecule has 1 N–H and O–H groups in total. The van der Waals surface area contributed by atoms with Gasteiger partial charge in [0.15, 0.2) is 24.7 Å². The van der Waals surface area contributed by atoms with Crippen molar-refractivity contribution in [1.29, 1.82) is 0 Å². The molecule has 31 heavy (non-hydrogen) atoms. The fourth-order valence-electron chi connectivity index (χ4n) is 3.03. The highest BCUT2D eigenvalue weighted by molar-refractivity contribution is 5.89. The molecule has 0 bridgehead atoms. The molecule has 1 fully saturated rings. The van der Waals surface area contributed by atoms with Crippen LogP contribution in [0.5, 0.6) is 11.5 Å². The molecular formula is C22H25N3O6. The van der Waals surface area contributed by atoms with Crippen LogP contribution in [0.4, 0.5) is 10.5 Å². The predicted octanol–water partition coefficient (Wildman–Crippen LogP) is 1.99. The third kappa shape index (κ3) is 6.36. The van der Waals surface area contributed by atoms with Gasteiger partial charge in [0.05, 0.1) is 7.11 Å². The average Bonchev–Trinajstić information content (AvgIpc) is 2.82. The molecule has 3 amide bonds. The Bertz CT molecular complexity index is 897. The van der Waals surface area contributed by atoms with Crippen molar-refractivity contribution < 1.29 is 28.6 Å². The summed E-state index contributed by atoms with van der Waals surface area (Å²) in [7, 11) is 1.50. The van der Waals surface area contributed by atoms with Gasteiger partial charge in [0.2, 0.25) is 0 Å². The molecule has 0 atom stereocenters. The lowest BCUT2D eigenvalue weighted by Crippen LogP contribution is -2.52. The van der Waals surface area contributed by atoms with Gasteiger partial charge in [-0.3, -0.25) is 4.79 Å². The van der Waals surface area contributed by atoms with Crippen LogP contribution in [0, 0.1) is 0 Å². The van der Waals surface area contributed by atoms with Gasteiger partial charge in [-0.05, 0) is 24.3 Å². The first-order valence-corrected chi connectivity index (χ1v) is 9.87. The zero-order chi connectivity index (χ0) is 22.1. The number of hydrogen-bond donors (Lipinski definition) is 1. The third-order valence-corrected chi connectivity index (χ3v) is 4.72. The fourth-order valence-corrected chi connectivity index (χ4v) is 3.03. The first-order valence-electron chi connectivity index (χ1n) is 9.87. The van der Waals surface area contributed by atoms with E-state index in [4.69, 9.17) is 14.2 Å². The van der Waals surface area contributed by atoms with E-state index >= 15 is 0 Å². The lowest BCUT2D eigenvalue weighted by Gasteiger charge is -2.34. The van der Waals surface area contributed by atoms with Crippen molar-refractivity contribution in [3.63, 3.8) is 0 Å². The number of carbonyl (C=O) groups excluding carboxylic acids is 3. The number of benzene rings is 2. The summed E-state index contributed by atoms with van der Waals surface area (Å²) in [5.74, 6) is -0.0485. The number of nitrogens with zero attached hydrogens (tertiary/aromatic N) is 2. The second kappa shape index (κ2) is 10.9. The highest BCUT2D eigenvalue weighted by atomic mass is 16.6. The number of para-hydroxylation sites is 3. The quantitative estimate of drug-likeness (QED) is 0.679. The number of carbonyl (C=O) groups is 3. The van der Waals surface area contributed by atoms with Gasteiger partial charge in [0.1, 0.15) is 0 Å². The lowest BCUT2D eigenvalue weighted by atomic mass is 10.3. The number of nitrogens with one attached hydrogen (secondary N) is 1. The van der Waals surface area contributed by atoms with Crippen molar-refractivity contribution in [3.05, 3.63) is 54.6 Å². The Hall–Kier alpha value is -3.75. The van der Waals surface area contributed by atoms with Crippen LogP contribution in [0.15, 0.2) is 54.6 Å². The van der Waals surface area contributed by atoms with E-state index < -0.39 is 5.97 Å². The van der Waals surface area contributed by atoms with Crippen molar-refractivity contribution in [2.75, 3.05) is 51.8 Å².